The second-order valence-corrected chi connectivity index (χ2v) is 2.16. The lowest BCUT2D eigenvalue weighted by atomic mass is 10.1. The van der Waals surface area contributed by atoms with Gasteiger partial charge in [-0.05, 0) is 19.1 Å². The second-order valence-electron chi connectivity index (χ2n) is 2.16. The average Bonchev–Trinajstić information content (AvgIpc) is 1.99. The van der Waals surface area contributed by atoms with E-state index in [2.05, 4.69) is 5.32 Å². The Morgan fingerprint density at radius 3 is 2.82 bits per heavy atom. The molecule has 0 atom stereocenters. The molecule has 0 fully saturated rings. The van der Waals surface area contributed by atoms with Gasteiger partial charge < -0.3 is 5.32 Å². The van der Waals surface area contributed by atoms with E-state index in [1.807, 2.05) is 6.92 Å². The molecule has 0 amide bonds. The summed E-state index contributed by atoms with van der Waals surface area (Å²) in [5.74, 6) is -0.905. The van der Waals surface area contributed by atoms with Crippen molar-refractivity contribution in [2.75, 3.05) is 6.54 Å². The summed E-state index contributed by atoms with van der Waals surface area (Å²) in [5, 5.41) is 2.80. The topological polar surface area (TPSA) is 46.2 Å². The molecule has 11 heavy (non-hydrogen) atoms. The number of nitrogens with one attached hydrogen (secondary N) is 1. The maximum Gasteiger partial charge on any atom is 0.248 e. The number of hydrogen-bond acceptors (Lipinski definition) is 3. The molecule has 1 aliphatic rings. The number of ketones is 2. The Balaban J connectivity index is 2.78. The molecule has 0 aliphatic heterocycles. The van der Waals surface area contributed by atoms with Gasteiger partial charge in [-0.2, -0.15) is 0 Å². The molecule has 0 radical (unpaired) electrons. The SMILES string of the molecule is CCNC1=CC=CC(=O)C1=O. The van der Waals surface area contributed by atoms with Crippen LogP contribution >= 0.6 is 0 Å². The molecule has 1 N–H and O–H groups in total. The molecule has 0 saturated carbocycles. The van der Waals surface area contributed by atoms with Gasteiger partial charge in [-0.15, -0.1) is 0 Å². The van der Waals surface area contributed by atoms with E-state index in [9.17, 15) is 9.59 Å². The summed E-state index contributed by atoms with van der Waals surface area (Å²) in [5.41, 5.74) is 0.389. The zero-order chi connectivity index (χ0) is 8.27. The van der Waals surface area contributed by atoms with Crippen molar-refractivity contribution in [3.8, 4) is 0 Å². The highest BCUT2D eigenvalue weighted by Crippen LogP contribution is 2.00. The van der Waals surface area contributed by atoms with Crippen LogP contribution in [0.4, 0.5) is 0 Å². The third-order valence-electron chi connectivity index (χ3n) is 1.35. The number of rotatable bonds is 2. The molecule has 0 heterocycles. The third kappa shape index (κ3) is 1.55. The lowest BCUT2D eigenvalue weighted by Gasteiger charge is -2.06. The summed E-state index contributed by atoms with van der Waals surface area (Å²) in [6.07, 6.45) is 4.44. The Kier molecular flexibility index (Phi) is 2.21. The van der Waals surface area contributed by atoms with Crippen molar-refractivity contribution < 1.29 is 9.59 Å². The molecule has 1 rings (SSSR count). The quantitative estimate of drug-likeness (QED) is 0.452. The maximum absolute atomic E-state index is 11.0. The number of hydrogen-bond donors (Lipinski definition) is 1. The average molecular weight is 151 g/mol. The van der Waals surface area contributed by atoms with Gasteiger partial charge in [0.15, 0.2) is 0 Å². The van der Waals surface area contributed by atoms with Crippen molar-refractivity contribution in [2.24, 2.45) is 0 Å². The summed E-state index contributed by atoms with van der Waals surface area (Å²) < 4.78 is 0. The van der Waals surface area contributed by atoms with E-state index in [4.69, 9.17) is 0 Å². The smallest absolute Gasteiger partial charge is 0.248 e. The van der Waals surface area contributed by atoms with E-state index in [-0.39, 0.29) is 0 Å². The molecule has 0 aromatic rings. The van der Waals surface area contributed by atoms with Crippen molar-refractivity contribution in [3.05, 3.63) is 23.9 Å². The summed E-state index contributed by atoms with van der Waals surface area (Å²) in [7, 11) is 0. The minimum absolute atomic E-state index is 0.389. The summed E-state index contributed by atoms with van der Waals surface area (Å²) >= 11 is 0. The monoisotopic (exact) mass is 151 g/mol. The van der Waals surface area contributed by atoms with E-state index in [1.54, 1.807) is 12.2 Å². The minimum atomic E-state index is -0.455. The Bertz CT molecular complexity index is 251. The van der Waals surface area contributed by atoms with Crippen LogP contribution in [-0.4, -0.2) is 18.1 Å². The number of Topliss-reactive ketones (excluding diaryl/α,β-unsaturated/α-hetero) is 1. The summed E-state index contributed by atoms with van der Waals surface area (Å²) in [6, 6.07) is 0. The molecular weight excluding hydrogens is 142 g/mol. The van der Waals surface area contributed by atoms with Crippen LogP contribution in [0.15, 0.2) is 23.9 Å². The van der Waals surface area contributed by atoms with Crippen LogP contribution < -0.4 is 5.32 Å². The summed E-state index contributed by atoms with van der Waals surface area (Å²) in [6.45, 7) is 2.52. The minimum Gasteiger partial charge on any atom is -0.382 e. The number of carbonyl (C=O) groups is 2. The Labute approximate surface area is 64.8 Å². The molecule has 58 valence electrons. The van der Waals surface area contributed by atoms with Gasteiger partial charge in [0.1, 0.15) is 0 Å². The molecule has 3 nitrogen and oxygen atoms in total. The van der Waals surface area contributed by atoms with Crippen LogP contribution in [0, 0.1) is 0 Å². The standard InChI is InChI=1S/C8H9NO2/c1-2-9-6-4-3-5-7(10)8(6)11/h3-5,9H,2H2,1H3. The van der Waals surface area contributed by atoms with Crippen molar-refractivity contribution >= 4 is 11.6 Å². The molecule has 0 unspecified atom stereocenters. The van der Waals surface area contributed by atoms with E-state index < -0.39 is 11.6 Å². The van der Waals surface area contributed by atoms with E-state index in [0.29, 0.717) is 12.2 Å². The lowest BCUT2D eigenvalue weighted by molar-refractivity contribution is -0.131. The van der Waals surface area contributed by atoms with Crippen LogP contribution in [-0.2, 0) is 9.59 Å². The van der Waals surface area contributed by atoms with Crippen molar-refractivity contribution in [1.82, 2.24) is 5.32 Å². The normalized spacial score (nSPS) is 16.6. The molecule has 3 heteroatoms. The highest BCUT2D eigenvalue weighted by atomic mass is 16.2. The largest absolute Gasteiger partial charge is 0.382 e. The summed E-state index contributed by atoms with van der Waals surface area (Å²) in [4.78, 5) is 21.7. The van der Waals surface area contributed by atoms with Gasteiger partial charge in [0.2, 0.25) is 11.6 Å². The number of likely N-dealkylation sites (N-methyl/N-ethyl adjacent to an activating group) is 1. The van der Waals surface area contributed by atoms with Gasteiger partial charge in [-0.1, -0.05) is 6.08 Å². The van der Waals surface area contributed by atoms with Crippen LogP contribution in [0.3, 0.4) is 0 Å². The highest BCUT2D eigenvalue weighted by molar-refractivity contribution is 6.47. The van der Waals surface area contributed by atoms with Crippen molar-refractivity contribution in [1.29, 1.82) is 0 Å². The fourth-order valence-corrected chi connectivity index (χ4v) is 0.845. The fourth-order valence-electron chi connectivity index (χ4n) is 0.845. The Hall–Kier alpha value is -1.38. The predicted octanol–water partition coefficient (Wildman–Crippen LogP) is 0.188. The van der Waals surface area contributed by atoms with Crippen LogP contribution in [0.5, 0.6) is 0 Å². The first-order chi connectivity index (χ1) is 5.25. The first-order valence-corrected chi connectivity index (χ1v) is 3.46. The lowest BCUT2D eigenvalue weighted by Crippen LogP contribution is -2.26. The molecule has 0 bridgehead atoms. The highest BCUT2D eigenvalue weighted by Gasteiger charge is 2.17. The molecule has 1 aliphatic carbocycles. The van der Waals surface area contributed by atoms with E-state index >= 15 is 0 Å². The fraction of sp³-hybridized carbons (Fsp3) is 0.250. The Morgan fingerprint density at radius 1 is 1.45 bits per heavy atom. The first-order valence-electron chi connectivity index (χ1n) is 3.46. The van der Waals surface area contributed by atoms with Gasteiger partial charge in [-0.25, -0.2) is 0 Å². The predicted molar refractivity (Wildman–Crippen MR) is 40.9 cm³/mol. The number of allylic oxidation sites excluding steroid dienone is 4. The van der Waals surface area contributed by atoms with Crippen LogP contribution in [0.2, 0.25) is 0 Å². The third-order valence-corrected chi connectivity index (χ3v) is 1.35. The van der Waals surface area contributed by atoms with Crippen LogP contribution in [0.1, 0.15) is 6.92 Å². The van der Waals surface area contributed by atoms with Gasteiger partial charge in [0.05, 0.1) is 5.70 Å². The van der Waals surface area contributed by atoms with Gasteiger partial charge in [-0.3, -0.25) is 9.59 Å². The van der Waals surface area contributed by atoms with Gasteiger partial charge >= 0.3 is 0 Å². The molecule has 0 aromatic heterocycles. The van der Waals surface area contributed by atoms with E-state index in [1.165, 1.54) is 6.08 Å². The van der Waals surface area contributed by atoms with Crippen molar-refractivity contribution in [3.63, 3.8) is 0 Å². The molecule has 0 saturated heterocycles. The number of carbonyl (C=O) groups excluding carboxylic acids is 2. The second kappa shape index (κ2) is 3.14. The van der Waals surface area contributed by atoms with Gasteiger partial charge in [0, 0.05) is 6.54 Å². The Morgan fingerprint density at radius 2 is 2.18 bits per heavy atom. The van der Waals surface area contributed by atoms with Gasteiger partial charge in [0.25, 0.3) is 0 Å². The van der Waals surface area contributed by atoms with Crippen molar-refractivity contribution in [2.45, 2.75) is 6.92 Å². The zero-order valence-corrected chi connectivity index (χ0v) is 6.26. The molecule has 0 aromatic carbocycles. The molecular formula is C8H9NO2. The van der Waals surface area contributed by atoms with E-state index in [0.717, 1.165) is 0 Å². The molecule has 0 spiro atoms. The van der Waals surface area contributed by atoms with Crippen LogP contribution in [0.25, 0.3) is 0 Å². The first kappa shape index (κ1) is 7.72. The maximum atomic E-state index is 11.0. The zero-order valence-electron chi connectivity index (χ0n) is 6.26.